The molecule has 1 amide bonds. The largest absolute Gasteiger partial charge is 0.353 e. The topological polar surface area (TPSA) is 41.1 Å². The predicted molar refractivity (Wildman–Crippen MR) is 77.9 cm³/mol. The van der Waals surface area contributed by atoms with Crippen molar-refractivity contribution in [1.29, 1.82) is 0 Å². The maximum atomic E-state index is 12.4. The fraction of sp³-hybridized carbons (Fsp3) is 0.929. The van der Waals surface area contributed by atoms with E-state index in [1.54, 1.807) is 0 Å². The zero-order valence-corrected chi connectivity index (χ0v) is 12.4. The van der Waals surface area contributed by atoms with Gasteiger partial charge in [0.1, 0.15) is 0 Å². The maximum Gasteiger partial charge on any atom is 0.226 e. The zero-order valence-electron chi connectivity index (χ0n) is 11.6. The minimum atomic E-state index is -0.137. The molecule has 0 aromatic heterocycles. The lowest BCUT2D eigenvalue weighted by Gasteiger charge is -2.35. The van der Waals surface area contributed by atoms with Gasteiger partial charge < -0.3 is 10.6 Å². The Labute approximate surface area is 115 Å². The molecule has 1 aliphatic carbocycles. The number of hydrogen-bond donors (Lipinski definition) is 2. The third kappa shape index (κ3) is 3.41. The van der Waals surface area contributed by atoms with E-state index in [0.29, 0.717) is 6.04 Å². The molecule has 0 unspecified atom stereocenters. The Kier molecular flexibility index (Phi) is 4.96. The van der Waals surface area contributed by atoms with Gasteiger partial charge in [-0.3, -0.25) is 4.79 Å². The van der Waals surface area contributed by atoms with Crippen LogP contribution in [0.15, 0.2) is 0 Å². The van der Waals surface area contributed by atoms with Gasteiger partial charge in [0.05, 0.1) is 0 Å². The minimum Gasteiger partial charge on any atom is -0.353 e. The van der Waals surface area contributed by atoms with Crippen molar-refractivity contribution in [2.45, 2.75) is 56.7 Å². The van der Waals surface area contributed by atoms with Crippen LogP contribution in [-0.2, 0) is 4.79 Å². The van der Waals surface area contributed by atoms with Crippen molar-refractivity contribution in [2.24, 2.45) is 5.41 Å². The lowest BCUT2D eigenvalue weighted by Crippen LogP contribution is -2.49. The number of thioether (sulfide) groups is 1. The average molecular weight is 270 g/mol. The van der Waals surface area contributed by atoms with E-state index in [9.17, 15) is 4.79 Å². The van der Waals surface area contributed by atoms with Crippen LogP contribution in [0.4, 0.5) is 0 Å². The Morgan fingerprint density at radius 3 is 2.39 bits per heavy atom. The molecule has 0 radical (unpaired) electrons. The first-order valence-electron chi connectivity index (χ1n) is 7.18. The first-order chi connectivity index (χ1) is 8.64. The molecule has 104 valence electrons. The molecule has 2 aliphatic rings. The van der Waals surface area contributed by atoms with Crippen LogP contribution in [-0.4, -0.2) is 36.5 Å². The Hall–Kier alpha value is -0.220. The maximum absolute atomic E-state index is 12.4. The Morgan fingerprint density at radius 1 is 1.22 bits per heavy atom. The Morgan fingerprint density at radius 2 is 1.83 bits per heavy atom. The molecular weight excluding hydrogens is 244 g/mol. The molecule has 0 spiro atoms. The van der Waals surface area contributed by atoms with Crippen molar-refractivity contribution >= 4 is 17.7 Å². The summed E-state index contributed by atoms with van der Waals surface area (Å²) in [6.07, 6.45) is 8.96. The molecule has 4 heteroatoms. The van der Waals surface area contributed by atoms with Crippen molar-refractivity contribution in [3.63, 3.8) is 0 Å². The van der Waals surface area contributed by atoms with Gasteiger partial charge in [0.25, 0.3) is 0 Å². The lowest BCUT2D eigenvalue weighted by atomic mass is 9.79. The monoisotopic (exact) mass is 270 g/mol. The van der Waals surface area contributed by atoms with Gasteiger partial charge in [0, 0.05) is 16.7 Å². The first-order valence-corrected chi connectivity index (χ1v) is 8.47. The van der Waals surface area contributed by atoms with E-state index in [0.717, 1.165) is 44.0 Å². The second-order valence-electron chi connectivity index (χ2n) is 5.99. The summed E-state index contributed by atoms with van der Waals surface area (Å²) in [5.41, 5.74) is -0.137. The van der Waals surface area contributed by atoms with E-state index in [2.05, 4.69) is 23.8 Å². The lowest BCUT2D eigenvalue weighted by molar-refractivity contribution is -0.132. The van der Waals surface area contributed by atoms with Gasteiger partial charge in [-0.05, 0) is 57.9 Å². The molecule has 2 N–H and O–H groups in total. The number of carbonyl (C=O) groups excluding carboxylic acids is 1. The first kappa shape index (κ1) is 14.2. The van der Waals surface area contributed by atoms with Gasteiger partial charge in [0.15, 0.2) is 0 Å². The smallest absolute Gasteiger partial charge is 0.226 e. The summed E-state index contributed by atoms with van der Waals surface area (Å²) >= 11 is 1.97. The minimum absolute atomic E-state index is 0.137. The Balaban J connectivity index is 1.80. The molecule has 0 aromatic rings. The van der Waals surface area contributed by atoms with E-state index in [1.165, 1.54) is 12.8 Å². The number of rotatable bonds is 3. The van der Waals surface area contributed by atoms with Crippen LogP contribution in [0.5, 0.6) is 0 Å². The standard InChI is InChI=1S/C14H26N2OS/c1-14(7-9-15-10-8-14)13(17)16-11-3-5-12(18-2)6-4-11/h11-12,15H,3-10H2,1-2H3,(H,16,17). The van der Waals surface area contributed by atoms with Crippen LogP contribution in [0.2, 0.25) is 0 Å². The summed E-state index contributed by atoms with van der Waals surface area (Å²) in [5.74, 6) is 0.289. The van der Waals surface area contributed by atoms with Crippen LogP contribution >= 0.6 is 11.8 Å². The quantitative estimate of drug-likeness (QED) is 0.826. The molecule has 0 aromatic carbocycles. The highest BCUT2D eigenvalue weighted by molar-refractivity contribution is 7.99. The number of piperidine rings is 1. The summed E-state index contributed by atoms with van der Waals surface area (Å²) in [6, 6.07) is 0.424. The molecule has 1 aliphatic heterocycles. The number of hydrogen-bond acceptors (Lipinski definition) is 3. The molecule has 0 bridgehead atoms. The van der Waals surface area contributed by atoms with Crippen molar-refractivity contribution in [3.05, 3.63) is 0 Å². The second kappa shape index (κ2) is 6.29. The summed E-state index contributed by atoms with van der Waals surface area (Å²) in [5, 5.41) is 7.44. The van der Waals surface area contributed by atoms with Crippen molar-refractivity contribution in [2.75, 3.05) is 19.3 Å². The van der Waals surface area contributed by atoms with Gasteiger partial charge >= 0.3 is 0 Å². The third-order valence-electron chi connectivity index (χ3n) is 4.60. The van der Waals surface area contributed by atoms with E-state index in [4.69, 9.17) is 0 Å². The normalized spacial score (nSPS) is 31.9. The third-order valence-corrected chi connectivity index (χ3v) is 5.74. The molecular formula is C14H26N2OS. The van der Waals surface area contributed by atoms with E-state index >= 15 is 0 Å². The average Bonchev–Trinajstić information content (AvgIpc) is 2.40. The highest BCUT2D eigenvalue weighted by atomic mass is 32.2. The fourth-order valence-corrected chi connectivity index (χ4v) is 3.75. The van der Waals surface area contributed by atoms with Crippen LogP contribution in [0, 0.1) is 5.41 Å². The number of amides is 1. The highest BCUT2D eigenvalue weighted by Gasteiger charge is 2.35. The van der Waals surface area contributed by atoms with Crippen LogP contribution in [0.3, 0.4) is 0 Å². The van der Waals surface area contributed by atoms with Gasteiger partial charge in [-0.25, -0.2) is 0 Å². The summed E-state index contributed by atoms with van der Waals surface area (Å²) in [4.78, 5) is 12.4. The van der Waals surface area contributed by atoms with Gasteiger partial charge in [0.2, 0.25) is 5.91 Å². The van der Waals surface area contributed by atoms with Crippen LogP contribution < -0.4 is 10.6 Å². The summed E-state index contributed by atoms with van der Waals surface area (Å²) in [7, 11) is 0. The molecule has 1 saturated carbocycles. The molecule has 0 atom stereocenters. The van der Waals surface area contributed by atoms with Crippen molar-refractivity contribution in [1.82, 2.24) is 10.6 Å². The molecule has 1 saturated heterocycles. The van der Waals surface area contributed by atoms with E-state index < -0.39 is 0 Å². The van der Waals surface area contributed by atoms with Gasteiger partial charge in [-0.2, -0.15) is 11.8 Å². The van der Waals surface area contributed by atoms with Crippen LogP contribution in [0.1, 0.15) is 45.4 Å². The van der Waals surface area contributed by atoms with Crippen LogP contribution in [0.25, 0.3) is 0 Å². The molecule has 3 nitrogen and oxygen atoms in total. The Bertz CT molecular complexity index is 282. The second-order valence-corrected chi connectivity index (χ2v) is 7.13. The molecule has 2 rings (SSSR count). The summed E-state index contributed by atoms with van der Waals surface area (Å²) < 4.78 is 0. The van der Waals surface area contributed by atoms with Crippen molar-refractivity contribution in [3.8, 4) is 0 Å². The van der Waals surface area contributed by atoms with E-state index in [-0.39, 0.29) is 11.3 Å². The molecule has 1 heterocycles. The van der Waals surface area contributed by atoms with Crippen molar-refractivity contribution < 1.29 is 4.79 Å². The molecule has 18 heavy (non-hydrogen) atoms. The SMILES string of the molecule is CSC1CCC(NC(=O)C2(C)CCNCC2)CC1. The van der Waals surface area contributed by atoms with E-state index in [1.807, 2.05) is 11.8 Å². The highest BCUT2D eigenvalue weighted by Crippen LogP contribution is 2.30. The van der Waals surface area contributed by atoms with Gasteiger partial charge in [-0.15, -0.1) is 0 Å². The summed E-state index contributed by atoms with van der Waals surface area (Å²) in [6.45, 7) is 4.07. The van der Waals surface area contributed by atoms with Gasteiger partial charge in [-0.1, -0.05) is 6.92 Å². The number of nitrogens with one attached hydrogen (secondary N) is 2. The fourth-order valence-electron chi connectivity index (χ4n) is 3.01. The zero-order chi connectivity index (χ0) is 13.0. The number of carbonyl (C=O) groups is 1. The molecule has 2 fully saturated rings. The predicted octanol–water partition coefficient (Wildman–Crippen LogP) is 2.17.